The molecule has 148 valence electrons. The maximum absolute atomic E-state index is 12.9. The van der Waals surface area contributed by atoms with Crippen LogP contribution in [-0.4, -0.2) is 33.8 Å². The number of thiol groups is 1. The van der Waals surface area contributed by atoms with Crippen LogP contribution < -0.4 is 0 Å². The Hall–Kier alpha value is -1.33. The Morgan fingerprint density at radius 1 is 1.30 bits per heavy atom. The Balaban J connectivity index is 2.16. The first-order chi connectivity index (χ1) is 12.6. The Bertz CT molecular complexity index is 734. The lowest BCUT2D eigenvalue weighted by Gasteiger charge is -2.37. The molecule has 0 N–H and O–H groups in total. The molecule has 0 radical (unpaired) electrons. The lowest BCUT2D eigenvalue weighted by atomic mass is 9.83. The molecule has 1 amide bonds. The predicted octanol–water partition coefficient (Wildman–Crippen LogP) is 4.49. The van der Waals surface area contributed by atoms with Gasteiger partial charge in [0.1, 0.15) is 5.54 Å². The molecule has 1 aromatic carbocycles. The zero-order valence-electron chi connectivity index (χ0n) is 16.3. The minimum absolute atomic E-state index is 0.332. The van der Waals surface area contributed by atoms with E-state index in [1.807, 2.05) is 31.2 Å². The summed E-state index contributed by atoms with van der Waals surface area (Å²) in [6.45, 7) is 5.85. The second-order valence-corrected chi connectivity index (χ2v) is 8.79. The molecule has 0 aromatic heterocycles. The highest BCUT2D eigenvalue weighted by molar-refractivity contribution is 7.96. The summed E-state index contributed by atoms with van der Waals surface area (Å²) in [4.78, 5) is 39.6. The Morgan fingerprint density at radius 2 is 2.00 bits per heavy atom. The molecule has 0 bridgehead atoms. The number of ketones is 1. The number of Topliss-reactive ketones (excluding diaryl/α,β-unsaturated/α-hetero) is 1. The number of carbonyl (C=O) groups is 3. The van der Waals surface area contributed by atoms with Crippen molar-refractivity contribution in [1.82, 2.24) is 4.90 Å². The van der Waals surface area contributed by atoms with Crippen LogP contribution in [0.15, 0.2) is 24.3 Å². The Kier molecular flexibility index (Phi) is 7.14. The molecule has 0 aliphatic carbocycles. The van der Waals surface area contributed by atoms with E-state index in [4.69, 9.17) is 11.6 Å². The van der Waals surface area contributed by atoms with Gasteiger partial charge in [0.25, 0.3) is 5.91 Å². The first kappa shape index (κ1) is 22.0. The summed E-state index contributed by atoms with van der Waals surface area (Å²) in [5, 5.41) is 0.346. The molecule has 1 heterocycles. The van der Waals surface area contributed by atoms with Crippen LogP contribution in [0.3, 0.4) is 0 Å². The number of benzene rings is 1. The quantitative estimate of drug-likeness (QED) is 0.508. The average molecular weight is 410 g/mol. The van der Waals surface area contributed by atoms with Crippen LogP contribution in [0, 0.1) is 5.41 Å². The van der Waals surface area contributed by atoms with Gasteiger partial charge in [0, 0.05) is 17.0 Å². The van der Waals surface area contributed by atoms with Gasteiger partial charge in [-0.3, -0.25) is 14.4 Å². The monoisotopic (exact) mass is 409 g/mol. The van der Waals surface area contributed by atoms with Crippen LogP contribution >= 0.6 is 24.2 Å². The van der Waals surface area contributed by atoms with Crippen molar-refractivity contribution in [3.8, 4) is 0 Å². The smallest absolute Gasteiger partial charge is 0.291 e. The maximum Gasteiger partial charge on any atom is 0.291 e. The number of carbonyl (C=O) groups excluding carboxylic acids is 3. The highest BCUT2D eigenvalue weighted by atomic mass is 35.5. The summed E-state index contributed by atoms with van der Waals surface area (Å²) in [7, 11) is 0. The van der Waals surface area contributed by atoms with Gasteiger partial charge in [-0.05, 0) is 56.2 Å². The van der Waals surface area contributed by atoms with Gasteiger partial charge in [-0.15, -0.1) is 12.6 Å². The lowest BCUT2D eigenvalue weighted by molar-refractivity contribution is -0.153. The second kappa shape index (κ2) is 8.78. The molecule has 1 aliphatic heterocycles. The molecule has 1 saturated heterocycles. The summed E-state index contributed by atoms with van der Waals surface area (Å²) < 4.78 is 0. The number of likely N-dealkylation sites (tertiary alicyclic amines) is 1. The van der Waals surface area contributed by atoms with E-state index < -0.39 is 22.6 Å². The zero-order valence-corrected chi connectivity index (χ0v) is 17.9. The molecule has 2 rings (SSSR count). The molecule has 1 atom stereocenters. The fraction of sp³-hybridized carbons (Fsp3) is 0.571. The lowest BCUT2D eigenvalue weighted by Crippen LogP contribution is -2.55. The van der Waals surface area contributed by atoms with E-state index in [0.29, 0.717) is 43.7 Å². The zero-order chi connectivity index (χ0) is 20.2. The number of aryl methyl sites for hydroxylation is 1. The molecule has 1 aliphatic rings. The fourth-order valence-corrected chi connectivity index (χ4v) is 4.17. The van der Waals surface area contributed by atoms with Crippen LogP contribution in [0.4, 0.5) is 0 Å². The van der Waals surface area contributed by atoms with E-state index in [9.17, 15) is 14.4 Å². The first-order valence-corrected chi connectivity index (χ1v) is 10.3. The molecule has 0 saturated carbocycles. The van der Waals surface area contributed by atoms with Crippen LogP contribution in [0.1, 0.15) is 58.4 Å². The standard InChI is InChI=1S/C21H28ClNO3S/c1-4-20(2,3)17(24)18(25)23-13-7-12-21(23,19(26)27)11-6-9-15-8-5-10-16(22)14-15/h5,8,10,14H,4,6-7,9,11-13H2,1-3H3,(H,26,27). The van der Waals surface area contributed by atoms with E-state index >= 15 is 0 Å². The molecular weight excluding hydrogens is 382 g/mol. The minimum Gasteiger partial charge on any atom is -0.322 e. The highest BCUT2D eigenvalue weighted by Crippen LogP contribution is 2.37. The minimum atomic E-state index is -0.988. The molecule has 27 heavy (non-hydrogen) atoms. The molecule has 0 spiro atoms. The maximum atomic E-state index is 12.9. The van der Waals surface area contributed by atoms with E-state index in [1.54, 1.807) is 13.8 Å². The normalized spacial score (nSPS) is 20.0. The van der Waals surface area contributed by atoms with Gasteiger partial charge in [-0.1, -0.05) is 44.5 Å². The van der Waals surface area contributed by atoms with Gasteiger partial charge < -0.3 is 4.90 Å². The summed E-state index contributed by atoms with van der Waals surface area (Å²) >= 11 is 10.1. The number of hydrogen-bond donors (Lipinski definition) is 1. The van der Waals surface area contributed by atoms with Crippen molar-refractivity contribution in [3.63, 3.8) is 0 Å². The summed E-state index contributed by atoms with van der Waals surface area (Å²) in [5.74, 6) is -0.981. The highest BCUT2D eigenvalue weighted by Gasteiger charge is 2.50. The van der Waals surface area contributed by atoms with Crippen molar-refractivity contribution in [1.29, 1.82) is 0 Å². The van der Waals surface area contributed by atoms with Gasteiger partial charge in [0.05, 0.1) is 0 Å². The SMILES string of the molecule is CCC(C)(C)C(=O)C(=O)N1CCCC1(CCCc1cccc(Cl)c1)C(=O)S. The van der Waals surface area contributed by atoms with Crippen molar-refractivity contribution in [2.75, 3.05) is 6.54 Å². The Morgan fingerprint density at radius 3 is 2.59 bits per heavy atom. The third-order valence-corrected chi connectivity index (χ3v) is 6.42. The summed E-state index contributed by atoms with van der Waals surface area (Å²) in [6, 6.07) is 7.61. The number of amides is 1. The topological polar surface area (TPSA) is 54.5 Å². The van der Waals surface area contributed by atoms with Crippen molar-refractivity contribution < 1.29 is 14.4 Å². The molecular formula is C21H28ClNO3S. The molecule has 1 fully saturated rings. The largest absolute Gasteiger partial charge is 0.322 e. The van der Waals surface area contributed by atoms with Gasteiger partial charge >= 0.3 is 0 Å². The van der Waals surface area contributed by atoms with E-state index in [2.05, 4.69) is 12.6 Å². The molecule has 4 nitrogen and oxygen atoms in total. The number of halogens is 1. The van der Waals surface area contributed by atoms with Crippen molar-refractivity contribution in [2.24, 2.45) is 5.41 Å². The summed E-state index contributed by atoms with van der Waals surface area (Å²) in [6.07, 6.45) is 3.78. The van der Waals surface area contributed by atoms with Crippen LogP contribution in [0.25, 0.3) is 0 Å². The number of nitrogens with zero attached hydrogens (tertiary/aromatic N) is 1. The predicted molar refractivity (Wildman–Crippen MR) is 111 cm³/mol. The second-order valence-electron chi connectivity index (χ2n) is 7.95. The van der Waals surface area contributed by atoms with Gasteiger partial charge in [-0.25, -0.2) is 0 Å². The number of hydrogen-bond acceptors (Lipinski definition) is 3. The van der Waals surface area contributed by atoms with Crippen molar-refractivity contribution >= 4 is 41.0 Å². The average Bonchev–Trinajstić information content (AvgIpc) is 3.05. The number of rotatable bonds is 8. The molecule has 6 heteroatoms. The van der Waals surface area contributed by atoms with Crippen molar-refractivity contribution in [3.05, 3.63) is 34.9 Å². The third kappa shape index (κ3) is 4.75. The molecule has 1 unspecified atom stereocenters. The van der Waals surface area contributed by atoms with Crippen molar-refractivity contribution in [2.45, 2.75) is 64.8 Å². The van der Waals surface area contributed by atoms with E-state index in [-0.39, 0.29) is 5.12 Å². The van der Waals surface area contributed by atoms with Gasteiger partial charge in [-0.2, -0.15) is 0 Å². The van der Waals surface area contributed by atoms with Crippen LogP contribution in [0.2, 0.25) is 5.02 Å². The first-order valence-electron chi connectivity index (χ1n) is 9.48. The van der Waals surface area contributed by atoms with Gasteiger partial charge in [0.15, 0.2) is 0 Å². The van der Waals surface area contributed by atoms with E-state index in [0.717, 1.165) is 12.0 Å². The molecule has 1 aromatic rings. The van der Waals surface area contributed by atoms with Crippen LogP contribution in [0.5, 0.6) is 0 Å². The van der Waals surface area contributed by atoms with E-state index in [1.165, 1.54) is 4.90 Å². The summed E-state index contributed by atoms with van der Waals surface area (Å²) in [5.41, 5.74) is -0.632. The van der Waals surface area contributed by atoms with Crippen LogP contribution in [-0.2, 0) is 20.8 Å². The fourth-order valence-electron chi connectivity index (χ4n) is 3.61. The van der Waals surface area contributed by atoms with Gasteiger partial charge in [0.2, 0.25) is 10.9 Å². The Labute approximate surface area is 172 Å². The third-order valence-electron chi connectivity index (χ3n) is 5.77.